The summed E-state index contributed by atoms with van der Waals surface area (Å²) in [6.07, 6.45) is 0. The SMILES string of the molecule is Cc1cc(OCC(=O)c2ccc(Cl)cc2)c2c(-c3ccccc3)cc(=O)oc2c1. The van der Waals surface area contributed by atoms with Crippen molar-refractivity contribution in [2.75, 3.05) is 6.61 Å². The molecule has 29 heavy (non-hydrogen) atoms. The van der Waals surface area contributed by atoms with Crippen LogP contribution in [0.15, 0.2) is 82.0 Å². The molecule has 4 rings (SSSR count). The highest BCUT2D eigenvalue weighted by molar-refractivity contribution is 6.30. The molecule has 4 aromatic rings. The number of fused-ring (bicyclic) bond motifs is 1. The quantitative estimate of drug-likeness (QED) is 0.317. The molecule has 1 heterocycles. The molecule has 144 valence electrons. The Balaban J connectivity index is 1.76. The van der Waals surface area contributed by atoms with Gasteiger partial charge in [-0.25, -0.2) is 4.79 Å². The number of Topliss-reactive ketones (excluding diaryl/α,β-unsaturated/α-hetero) is 1. The number of halogens is 1. The summed E-state index contributed by atoms with van der Waals surface area (Å²) in [5.41, 5.74) is 2.92. The lowest BCUT2D eigenvalue weighted by molar-refractivity contribution is 0.0922. The summed E-state index contributed by atoms with van der Waals surface area (Å²) in [7, 11) is 0. The average molecular weight is 405 g/mol. The van der Waals surface area contributed by atoms with Crippen molar-refractivity contribution in [3.63, 3.8) is 0 Å². The van der Waals surface area contributed by atoms with E-state index in [-0.39, 0.29) is 12.4 Å². The zero-order chi connectivity index (χ0) is 20.4. The fourth-order valence-corrected chi connectivity index (χ4v) is 3.34. The average Bonchev–Trinajstić information content (AvgIpc) is 2.72. The second-order valence-electron chi connectivity index (χ2n) is 6.70. The first-order valence-corrected chi connectivity index (χ1v) is 9.44. The second-order valence-corrected chi connectivity index (χ2v) is 7.14. The smallest absolute Gasteiger partial charge is 0.336 e. The van der Waals surface area contributed by atoms with Gasteiger partial charge in [0.25, 0.3) is 0 Å². The Morgan fingerprint density at radius 1 is 1.00 bits per heavy atom. The van der Waals surface area contributed by atoms with Gasteiger partial charge < -0.3 is 9.15 Å². The van der Waals surface area contributed by atoms with E-state index >= 15 is 0 Å². The maximum absolute atomic E-state index is 12.5. The Morgan fingerprint density at radius 3 is 2.45 bits per heavy atom. The van der Waals surface area contributed by atoms with Gasteiger partial charge >= 0.3 is 5.63 Å². The number of carbonyl (C=O) groups excluding carboxylic acids is 1. The van der Waals surface area contributed by atoms with Gasteiger partial charge in [0, 0.05) is 22.2 Å². The third-order valence-electron chi connectivity index (χ3n) is 4.56. The summed E-state index contributed by atoms with van der Waals surface area (Å²) >= 11 is 5.88. The molecule has 0 bridgehead atoms. The molecule has 0 N–H and O–H groups in total. The van der Waals surface area contributed by atoms with Crippen LogP contribution in [0.2, 0.25) is 5.02 Å². The first-order valence-electron chi connectivity index (χ1n) is 9.07. The van der Waals surface area contributed by atoms with Crippen molar-refractivity contribution in [3.8, 4) is 16.9 Å². The number of aryl methyl sites for hydroxylation is 1. The van der Waals surface area contributed by atoms with Crippen molar-refractivity contribution in [1.82, 2.24) is 0 Å². The highest BCUT2D eigenvalue weighted by Crippen LogP contribution is 2.35. The lowest BCUT2D eigenvalue weighted by atomic mass is 10.0. The minimum atomic E-state index is -0.440. The third kappa shape index (κ3) is 4.08. The van der Waals surface area contributed by atoms with Gasteiger partial charge in [-0.15, -0.1) is 0 Å². The molecule has 3 aromatic carbocycles. The van der Waals surface area contributed by atoms with Crippen LogP contribution < -0.4 is 10.4 Å². The van der Waals surface area contributed by atoms with Crippen LogP contribution in [0.5, 0.6) is 5.75 Å². The van der Waals surface area contributed by atoms with E-state index < -0.39 is 5.63 Å². The molecule has 1 aromatic heterocycles. The lowest BCUT2D eigenvalue weighted by Crippen LogP contribution is -2.12. The Morgan fingerprint density at radius 2 is 1.72 bits per heavy atom. The van der Waals surface area contributed by atoms with Crippen molar-refractivity contribution in [3.05, 3.63) is 99.4 Å². The van der Waals surface area contributed by atoms with E-state index in [1.807, 2.05) is 43.3 Å². The van der Waals surface area contributed by atoms with Gasteiger partial charge in [0.15, 0.2) is 12.4 Å². The van der Waals surface area contributed by atoms with E-state index in [1.165, 1.54) is 6.07 Å². The first-order chi connectivity index (χ1) is 14.0. The lowest BCUT2D eigenvalue weighted by Gasteiger charge is -2.13. The zero-order valence-corrected chi connectivity index (χ0v) is 16.4. The standard InChI is InChI=1S/C24H17ClO4/c1-15-11-21(28-14-20(26)17-7-9-18(25)10-8-17)24-19(16-5-3-2-4-6-16)13-23(27)29-22(24)12-15/h2-13H,14H2,1H3. The number of hydrogen-bond donors (Lipinski definition) is 0. The van der Waals surface area contributed by atoms with Gasteiger partial charge in [-0.1, -0.05) is 41.9 Å². The molecule has 0 aliphatic rings. The number of carbonyl (C=O) groups is 1. The number of ketones is 1. The van der Waals surface area contributed by atoms with Crippen molar-refractivity contribution in [2.24, 2.45) is 0 Å². The van der Waals surface area contributed by atoms with Crippen LogP contribution in [-0.2, 0) is 0 Å². The molecular weight excluding hydrogens is 388 g/mol. The Hall–Kier alpha value is -3.37. The van der Waals surface area contributed by atoms with Crippen LogP contribution in [0.3, 0.4) is 0 Å². The third-order valence-corrected chi connectivity index (χ3v) is 4.81. The predicted octanol–water partition coefficient (Wildman–Crippen LogP) is 5.68. The topological polar surface area (TPSA) is 56.5 Å². The molecular formula is C24H17ClO4. The molecule has 0 aliphatic carbocycles. The second kappa shape index (κ2) is 7.94. The number of benzene rings is 3. The van der Waals surface area contributed by atoms with Crippen molar-refractivity contribution < 1.29 is 13.9 Å². The van der Waals surface area contributed by atoms with E-state index in [1.54, 1.807) is 30.3 Å². The molecule has 0 radical (unpaired) electrons. The van der Waals surface area contributed by atoms with E-state index in [9.17, 15) is 9.59 Å². The normalized spacial score (nSPS) is 10.8. The highest BCUT2D eigenvalue weighted by atomic mass is 35.5. The minimum absolute atomic E-state index is 0.145. The van der Waals surface area contributed by atoms with Gasteiger partial charge in [0.05, 0.1) is 5.39 Å². The summed E-state index contributed by atoms with van der Waals surface area (Å²) in [5, 5.41) is 1.22. The molecule has 0 unspecified atom stereocenters. The van der Waals surface area contributed by atoms with Crippen LogP contribution in [-0.4, -0.2) is 12.4 Å². The minimum Gasteiger partial charge on any atom is -0.485 e. The Bertz CT molecular complexity index is 1240. The fourth-order valence-electron chi connectivity index (χ4n) is 3.22. The molecule has 0 spiro atoms. The monoisotopic (exact) mass is 404 g/mol. The molecule has 0 saturated carbocycles. The van der Waals surface area contributed by atoms with Crippen LogP contribution in [0.1, 0.15) is 15.9 Å². The van der Waals surface area contributed by atoms with Crippen LogP contribution in [0, 0.1) is 6.92 Å². The maximum atomic E-state index is 12.5. The first kappa shape index (κ1) is 19.0. The highest BCUT2D eigenvalue weighted by Gasteiger charge is 2.15. The maximum Gasteiger partial charge on any atom is 0.336 e. The largest absolute Gasteiger partial charge is 0.485 e. The molecule has 0 fully saturated rings. The summed E-state index contributed by atoms with van der Waals surface area (Å²) in [5.74, 6) is 0.319. The number of rotatable bonds is 5. The summed E-state index contributed by atoms with van der Waals surface area (Å²) in [6.45, 7) is 1.73. The van der Waals surface area contributed by atoms with Crippen molar-refractivity contribution >= 4 is 28.4 Å². The van der Waals surface area contributed by atoms with Gasteiger partial charge in [0.2, 0.25) is 0 Å². The predicted molar refractivity (Wildman–Crippen MR) is 114 cm³/mol. The Labute approximate surface area is 172 Å². The summed E-state index contributed by atoms with van der Waals surface area (Å²) < 4.78 is 11.3. The van der Waals surface area contributed by atoms with Gasteiger partial charge in [-0.2, -0.15) is 0 Å². The van der Waals surface area contributed by atoms with E-state index in [4.69, 9.17) is 20.8 Å². The van der Waals surface area contributed by atoms with Crippen LogP contribution >= 0.6 is 11.6 Å². The van der Waals surface area contributed by atoms with Crippen molar-refractivity contribution in [2.45, 2.75) is 6.92 Å². The molecule has 0 aliphatic heterocycles. The number of hydrogen-bond acceptors (Lipinski definition) is 4. The fraction of sp³-hybridized carbons (Fsp3) is 0.0833. The van der Waals surface area contributed by atoms with Gasteiger partial charge in [0.1, 0.15) is 11.3 Å². The van der Waals surface area contributed by atoms with E-state index in [0.717, 1.165) is 11.1 Å². The molecule has 5 heteroatoms. The number of ether oxygens (including phenoxy) is 1. The molecule has 0 saturated heterocycles. The van der Waals surface area contributed by atoms with Crippen LogP contribution in [0.4, 0.5) is 0 Å². The molecule has 4 nitrogen and oxygen atoms in total. The zero-order valence-electron chi connectivity index (χ0n) is 15.6. The summed E-state index contributed by atoms with van der Waals surface area (Å²) in [6, 6.07) is 21.3. The van der Waals surface area contributed by atoms with Crippen molar-refractivity contribution in [1.29, 1.82) is 0 Å². The van der Waals surface area contributed by atoms with E-state index in [0.29, 0.717) is 32.9 Å². The van der Waals surface area contributed by atoms with Gasteiger partial charge in [-0.3, -0.25) is 4.79 Å². The van der Waals surface area contributed by atoms with Gasteiger partial charge in [-0.05, 0) is 54.4 Å². The Kier molecular flexibility index (Phi) is 5.19. The van der Waals surface area contributed by atoms with Crippen LogP contribution in [0.25, 0.3) is 22.1 Å². The van der Waals surface area contributed by atoms with E-state index in [2.05, 4.69) is 0 Å². The summed E-state index contributed by atoms with van der Waals surface area (Å²) in [4.78, 5) is 24.6. The molecule has 0 amide bonds. The molecule has 0 atom stereocenters.